The van der Waals surface area contributed by atoms with Crippen molar-refractivity contribution in [1.82, 2.24) is 4.57 Å². The Morgan fingerprint density at radius 2 is 1.69 bits per heavy atom. The van der Waals surface area contributed by atoms with Crippen LogP contribution in [0.3, 0.4) is 0 Å². The van der Waals surface area contributed by atoms with Crippen LogP contribution in [0.1, 0.15) is 18.1 Å². The highest BCUT2D eigenvalue weighted by Crippen LogP contribution is 2.29. The summed E-state index contributed by atoms with van der Waals surface area (Å²) >= 11 is 0. The molecule has 0 aliphatic carbocycles. The summed E-state index contributed by atoms with van der Waals surface area (Å²) < 4.78 is 52.1. The van der Waals surface area contributed by atoms with E-state index in [0.717, 1.165) is 17.9 Å². The van der Waals surface area contributed by atoms with Gasteiger partial charge in [0.1, 0.15) is 5.75 Å². The van der Waals surface area contributed by atoms with E-state index in [1.54, 1.807) is 6.92 Å². The van der Waals surface area contributed by atoms with Gasteiger partial charge in [-0.15, -0.1) is 5.11 Å². The van der Waals surface area contributed by atoms with Gasteiger partial charge in [-0.3, -0.25) is 13.5 Å². The minimum atomic E-state index is -3.96. The number of hydrogen-bond acceptors (Lipinski definition) is 9. The molecule has 0 atom stereocenters. The number of aromatic nitrogens is 1. The summed E-state index contributed by atoms with van der Waals surface area (Å²) in [6, 6.07) is 5.55. The molecule has 1 aromatic heterocycles. The fourth-order valence-electron chi connectivity index (χ4n) is 2.55. The van der Waals surface area contributed by atoms with E-state index in [9.17, 15) is 26.7 Å². The van der Waals surface area contributed by atoms with Crippen molar-refractivity contribution in [2.24, 2.45) is 10.2 Å². The molecular weight excluding hydrogens is 422 g/mol. The van der Waals surface area contributed by atoms with Crippen LogP contribution in [0, 0.1) is 6.92 Å². The minimum absolute atomic E-state index is 0.0188. The van der Waals surface area contributed by atoms with E-state index >= 15 is 0 Å². The van der Waals surface area contributed by atoms with E-state index in [-0.39, 0.29) is 28.3 Å². The Morgan fingerprint density at radius 1 is 1.10 bits per heavy atom. The van der Waals surface area contributed by atoms with Crippen molar-refractivity contribution in [3.8, 4) is 5.88 Å². The van der Waals surface area contributed by atoms with Gasteiger partial charge in [0, 0.05) is 18.4 Å². The van der Waals surface area contributed by atoms with Crippen LogP contribution >= 0.6 is 0 Å². The number of sulfone groups is 1. The van der Waals surface area contributed by atoms with Gasteiger partial charge < -0.3 is 5.11 Å². The first-order chi connectivity index (χ1) is 13.4. The predicted molar refractivity (Wildman–Crippen MR) is 106 cm³/mol. The standard InChI is InChI=1S/C17H21N3O7S2/c1-5-20-16(21)14(10-29(25,26)27-3)11(2)15(17(20)22)19-18-12-6-8-13(9-7-12)28(4,23)24/h6-9,21H,5,10H2,1-4H3. The molecule has 1 heterocycles. The number of pyridine rings is 1. The molecule has 0 spiro atoms. The molecule has 0 radical (unpaired) electrons. The van der Waals surface area contributed by atoms with Crippen LogP contribution in [0.2, 0.25) is 0 Å². The number of hydrogen-bond donors (Lipinski definition) is 1. The second-order valence-electron chi connectivity index (χ2n) is 6.16. The summed E-state index contributed by atoms with van der Waals surface area (Å²) in [5.41, 5.74) is -0.363. The zero-order valence-electron chi connectivity index (χ0n) is 16.3. The van der Waals surface area contributed by atoms with Gasteiger partial charge in [-0.1, -0.05) is 0 Å². The lowest BCUT2D eigenvalue weighted by Gasteiger charge is -2.15. The third-order valence-electron chi connectivity index (χ3n) is 4.20. The first-order valence-corrected chi connectivity index (χ1v) is 11.8. The molecule has 2 aromatic rings. The number of benzene rings is 1. The molecular formula is C17H21N3O7S2. The summed E-state index contributed by atoms with van der Waals surface area (Å²) in [4.78, 5) is 12.7. The van der Waals surface area contributed by atoms with Gasteiger partial charge >= 0.3 is 0 Å². The van der Waals surface area contributed by atoms with E-state index in [4.69, 9.17) is 0 Å². The Balaban J connectivity index is 2.57. The highest BCUT2D eigenvalue weighted by atomic mass is 32.2. The molecule has 29 heavy (non-hydrogen) atoms. The second kappa shape index (κ2) is 8.43. The molecule has 0 unspecified atom stereocenters. The van der Waals surface area contributed by atoms with E-state index in [1.807, 2.05) is 0 Å². The Hall–Kier alpha value is -2.57. The molecule has 2 rings (SSSR count). The van der Waals surface area contributed by atoms with Gasteiger partial charge in [-0.05, 0) is 43.7 Å². The second-order valence-corrected chi connectivity index (χ2v) is 9.91. The van der Waals surface area contributed by atoms with Gasteiger partial charge in [-0.25, -0.2) is 8.42 Å². The third-order valence-corrected chi connectivity index (χ3v) is 6.48. The molecule has 0 fully saturated rings. The van der Waals surface area contributed by atoms with E-state index in [2.05, 4.69) is 14.4 Å². The molecule has 0 amide bonds. The van der Waals surface area contributed by atoms with Gasteiger partial charge in [0.15, 0.2) is 21.4 Å². The summed E-state index contributed by atoms with van der Waals surface area (Å²) in [6.45, 7) is 3.13. The highest BCUT2D eigenvalue weighted by Gasteiger charge is 2.23. The third kappa shape index (κ3) is 5.08. The smallest absolute Gasteiger partial charge is 0.281 e. The molecule has 158 valence electrons. The van der Waals surface area contributed by atoms with Gasteiger partial charge in [0.2, 0.25) is 0 Å². The highest BCUT2D eigenvalue weighted by molar-refractivity contribution is 7.90. The summed E-state index contributed by atoms with van der Waals surface area (Å²) in [5, 5.41) is 18.2. The number of rotatable bonds is 7. The maximum atomic E-state index is 12.6. The average Bonchev–Trinajstić information content (AvgIpc) is 2.65. The van der Waals surface area contributed by atoms with Crippen LogP contribution in [0.5, 0.6) is 5.88 Å². The minimum Gasteiger partial charge on any atom is -0.494 e. The van der Waals surface area contributed by atoms with Crippen LogP contribution in [-0.2, 0) is 36.4 Å². The zero-order valence-corrected chi connectivity index (χ0v) is 17.9. The Labute approximate surface area is 168 Å². The summed E-state index contributed by atoms with van der Waals surface area (Å²) in [5.74, 6) is -1.13. The normalized spacial score (nSPS) is 12.6. The molecule has 10 nitrogen and oxygen atoms in total. The van der Waals surface area contributed by atoms with E-state index in [0.29, 0.717) is 5.69 Å². The van der Waals surface area contributed by atoms with Crippen molar-refractivity contribution in [2.45, 2.75) is 31.0 Å². The number of nitrogens with zero attached hydrogens (tertiary/aromatic N) is 3. The molecule has 0 bridgehead atoms. The van der Waals surface area contributed by atoms with E-state index in [1.165, 1.54) is 31.2 Å². The fourth-order valence-corrected chi connectivity index (χ4v) is 3.99. The molecule has 1 aromatic carbocycles. The van der Waals surface area contributed by atoms with Crippen molar-refractivity contribution in [2.75, 3.05) is 13.4 Å². The van der Waals surface area contributed by atoms with Crippen LogP contribution < -0.4 is 5.56 Å². The lowest BCUT2D eigenvalue weighted by Crippen LogP contribution is -2.22. The van der Waals surface area contributed by atoms with Crippen molar-refractivity contribution in [3.05, 3.63) is 45.7 Å². The zero-order chi connectivity index (χ0) is 22.0. The van der Waals surface area contributed by atoms with Crippen molar-refractivity contribution < 1.29 is 26.1 Å². The average molecular weight is 444 g/mol. The van der Waals surface area contributed by atoms with Crippen molar-refractivity contribution in [1.29, 1.82) is 0 Å². The maximum absolute atomic E-state index is 12.6. The lowest BCUT2D eigenvalue weighted by molar-refractivity contribution is 0.388. The summed E-state index contributed by atoms with van der Waals surface area (Å²) in [6.07, 6.45) is 1.08. The summed E-state index contributed by atoms with van der Waals surface area (Å²) in [7, 11) is -6.33. The molecule has 0 saturated heterocycles. The van der Waals surface area contributed by atoms with Crippen molar-refractivity contribution >= 4 is 31.3 Å². The predicted octanol–water partition coefficient (Wildman–Crippen LogP) is 2.18. The van der Waals surface area contributed by atoms with Crippen LogP contribution in [0.15, 0.2) is 44.2 Å². The molecule has 12 heteroatoms. The maximum Gasteiger partial charge on any atom is 0.281 e. The molecule has 0 saturated carbocycles. The first kappa shape index (κ1) is 22.7. The SMILES string of the molecule is CCn1c(O)c(CS(=O)(=O)OC)c(C)c(N=Nc2ccc(S(C)(=O)=O)cc2)c1=O. The number of azo groups is 1. The quantitative estimate of drug-likeness (QED) is 0.510. The van der Waals surface area contributed by atoms with Crippen LogP contribution in [0.25, 0.3) is 0 Å². The van der Waals surface area contributed by atoms with Gasteiger partial charge in [-0.2, -0.15) is 13.5 Å². The topological polar surface area (TPSA) is 144 Å². The Morgan fingerprint density at radius 3 is 2.17 bits per heavy atom. The largest absolute Gasteiger partial charge is 0.494 e. The van der Waals surface area contributed by atoms with Crippen LogP contribution in [0.4, 0.5) is 11.4 Å². The molecule has 1 N–H and O–H groups in total. The lowest BCUT2D eigenvalue weighted by atomic mass is 10.1. The number of aromatic hydroxyl groups is 1. The van der Waals surface area contributed by atoms with Crippen molar-refractivity contribution in [3.63, 3.8) is 0 Å². The fraction of sp³-hybridized carbons (Fsp3) is 0.353. The van der Waals surface area contributed by atoms with Crippen LogP contribution in [-0.4, -0.2) is 39.9 Å². The molecule has 0 aliphatic heterocycles. The monoisotopic (exact) mass is 443 g/mol. The Bertz CT molecular complexity index is 1210. The van der Waals surface area contributed by atoms with E-state index < -0.39 is 37.1 Å². The van der Waals surface area contributed by atoms with Gasteiger partial charge in [0.05, 0.1) is 17.7 Å². The first-order valence-electron chi connectivity index (χ1n) is 8.36. The molecule has 0 aliphatic rings. The Kier molecular flexibility index (Phi) is 6.60. The van der Waals surface area contributed by atoms with Gasteiger partial charge in [0.25, 0.3) is 15.7 Å².